The number of Topliss-reactive ketones (excluding diaryl/α,β-unsaturated/α-hetero) is 1. The smallest absolute Gasteiger partial charge is 0.243 e. The first kappa shape index (κ1) is 28.7. The predicted octanol–water partition coefficient (Wildman–Crippen LogP) is 0.501. The van der Waals surface area contributed by atoms with E-state index in [4.69, 9.17) is 14.2 Å². The number of carbonyl (C=O) groups excluding carboxylic acids is 3. The highest BCUT2D eigenvalue weighted by Gasteiger charge is 2.50. The Kier molecular flexibility index (Phi) is 9.68. The summed E-state index contributed by atoms with van der Waals surface area (Å²) in [4.78, 5) is 41.9. The average Bonchev–Trinajstić information content (AvgIpc) is 3.71. The number of epoxide rings is 1. The molecular weight excluding hydrogens is 502 g/mol. The van der Waals surface area contributed by atoms with Crippen molar-refractivity contribution in [3.63, 3.8) is 0 Å². The van der Waals surface area contributed by atoms with Gasteiger partial charge in [-0.15, -0.1) is 0 Å². The van der Waals surface area contributed by atoms with Gasteiger partial charge in [0.1, 0.15) is 17.4 Å². The third kappa shape index (κ3) is 7.86. The summed E-state index contributed by atoms with van der Waals surface area (Å²) in [5.41, 5.74) is 0.801. The molecule has 0 spiro atoms. The monoisotopic (exact) mass is 539 g/mol. The highest BCUT2D eigenvalue weighted by atomic mass is 16.6. The Labute approximate surface area is 228 Å². The Balaban J connectivity index is 1.50. The Bertz CT molecular complexity index is 1120. The van der Waals surface area contributed by atoms with E-state index in [0.29, 0.717) is 38.5 Å². The van der Waals surface area contributed by atoms with Gasteiger partial charge in [0.2, 0.25) is 11.8 Å². The molecule has 2 heterocycles. The summed E-state index contributed by atoms with van der Waals surface area (Å²) in [7, 11) is 1.57. The lowest BCUT2D eigenvalue weighted by Crippen LogP contribution is -2.57. The predicted molar refractivity (Wildman–Crippen MR) is 143 cm³/mol. The van der Waals surface area contributed by atoms with E-state index in [0.717, 1.165) is 11.1 Å². The fourth-order valence-electron chi connectivity index (χ4n) is 4.65. The van der Waals surface area contributed by atoms with Crippen molar-refractivity contribution >= 4 is 17.6 Å². The van der Waals surface area contributed by atoms with Gasteiger partial charge in [-0.1, -0.05) is 42.5 Å². The van der Waals surface area contributed by atoms with Gasteiger partial charge in [0.25, 0.3) is 0 Å². The van der Waals surface area contributed by atoms with Crippen molar-refractivity contribution < 1.29 is 33.7 Å². The molecule has 2 aliphatic rings. The van der Waals surface area contributed by atoms with E-state index in [1.165, 1.54) is 0 Å². The van der Waals surface area contributed by atoms with Crippen LogP contribution in [0.3, 0.4) is 0 Å². The van der Waals surface area contributed by atoms with Crippen LogP contribution in [0.5, 0.6) is 5.75 Å². The van der Waals surface area contributed by atoms with Crippen molar-refractivity contribution in [3.8, 4) is 5.75 Å². The molecule has 2 aromatic carbocycles. The standard InChI is InChI=1S/C29H37N3O7/c1-29(19-39-29)27(35)24(14-20-6-4-3-5-7-20)31-28(36)25(15-21-8-10-23(37-2)11-9-21)30-26(34)16-32-12-13-38-18-22(32)17-33/h3-11,22,24-25,33H,12-19H2,1-2H3,(H,30,34)(H,31,36)/t22-,24-,25-,29+/m0/s1. The van der Waals surface area contributed by atoms with Gasteiger partial charge in [-0.2, -0.15) is 0 Å². The Hall–Kier alpha value is -3.31. The fraction of sp³-hybridized carbons (Fsp3) is 0.483. The highest BCUT2D eigenvalue weighted by molar-refractivity contribution is 5.98. The van der Waals surface area contributed by atoms with E-state index in [2.05, 4.69) is 10.6 Å². The zero-order chi connectivity index (χ0) is 27.8. The molecule has 2 aromatic rings. The van der Waals surface area contributed by atoms with Crippen molar-refractivity contribution in [1.82, 2.24) is 15.5 Å². The second kappa shape index (κ2) is 13.2. The van der Waals surface area contributed by atoms with Gasteiger partial charge in [-0.25, -0.2) is 0 Å². The molecule has 0 aromatic heterocycles. The first-order valence-corrected chi connectivity index (χ1v) is 13.2. The number of benzene rings is 2. The number of rotatable bonds is 13. The lowest BCUT2D eigenvalue weighted by Gasteiger charge is -2.34. The SMILES string of the molecule is COc1ccc(C[C@H](NC(=O)CN2CCOC[C@@H]2CO)C(=O)N[C@@H](Cc2ccccc2)C(=O)[C@@]2(C)CO2)cc1. The maximum atomic E-state index is 13.7. The third-order valence-electron chi connectivity index (χ3n) is 7.17. The lowest BCUT2D eigenvalue weighted by atomic mass is 9.94. The van der Waals surface area contributed by atoms with Gasteiger partial charge in [-0.05, 0) is 36.6 Å². The third-order valence-corrected chi connectivity index (χ3v) is 7.17. The number of methoxy groups -OCH3 is 1. The molecule has 10 nitrogen and oxygen atoms in total. The summed E-state index contributed by atoms with van der Waals surface area (Å²) in [5, 5.41) is 15.4. The topological polar surface area (TPSA) is 130 Å². The summed E-state index contributed by atoms with van der Waals surface area (Å²) < 4.78 is 16.0. The second-order valence-corrected chi connectivity index (χ2v) is 10.2. The molecule has 2 fully saturated rings. The number of nitrogens with one attached hydrogen (secondary N) is 2. The normalized spacial score (nSPS) is 22.4. The van der Waals surface area contributed by atoms with E-state index in [1.54, 1.807) is 26.2 Å². The van der Waals surface area contributed by atoms with Crippen molar-refractivity contribution in [1.29, 1.82) is 0 Å². The average molecular weight is 540 g/mol. The first-order chi connectivity index (χ1) is 18.8. The van der Waals surface area contributed by atoms with Crippen LogP contribution in [0, 0.1) is 0 Å². The summed E-state index contributed by atoms with van der Waals surface area (Å²) in [6, 6.07) is 14.7. The molecule has 4 rings (SSSR count). The molecule has 2 amide bonds. The van der Waals surface area contributed by atoms with Crippen LogP contribution in [-0.2, 0) is 36.7 Å². The maximum absolute atomic E-state index is 13.7. The van der Waals surface area contributed by atoms with E-state index in [-0.39, 0.29) is 37.3 Å². The molecule has 0 unspecified atom stereocenters. The number of nitrogens with zero attached hydrogens (tertiary/aromatic N) is 1. The molecular formula is C29H37N3O7. The molecule has 2 saturated heterocycles. The number of carbonyl (C=O) groups is 3. The second-order valence-electron chi connectivity index (χ2n) is 10.2. The van der Waals surface area contributed by atoms with Gasteiger partial charge in [0.15, 0.2) is 5.78 Å². The number of morpholine rings is 1. The van der Waals surface area contributed by atoms with Crippen molar-refractivity contribution in [3.05, 3.63) is 65.7 Å². The molecule has 0 aliphatic carbocycles. The molecule has 2 aliphatic heterocycles. The van der Waals surface area contributed by atoms with Crippen LogP contribution in [-0.4, -0.2) is 98.0 Å². The minimum absolute atomic E-state index is 0.0132. The Morgan fingerprint density at radius 2 is 1.72 bits per heavy atom. The van der Waals surface area contributed by atoms with E-state index >= 15 is 0 Å². The van der Waals surface area contributed by atoms with Gasteiger partial charge in [-0.3, -0.25) is 19.3 Å². The zero-order valence-corrected chi connectivity index (χ0v) is 22.4. The van der Waals surface area contributed by atoms with Crippen molar-refractivity contribution in [2.45, 2.75) is 43.5 Å². The fourth-order valence-corrected chi connectivity index (χ4v) is 4.65. The van der Waals surface area contributed by atoms with Gasteiger partial charge < -0.3 is 30.0 Å². The molecule has 0 bridgehead atoms. The number of hydrogen-bond acceptors (Lipinski definition) is 8. The van der Waals surface area contributed by atoms with E-state index < -0.39 is 23.6 Å². The minimum atomic E-state index is -0.932. The van der Waals surface area contributed by atoms with Crippen molar-refractivity contribution in [2.75, 3.05) is 46.6 Å². The lowest BCUT2D eigenvalue weighted by molar-refractivity contribution is -0.133. The number of ketones is 1. The molecule has 10 heteroatoms. The minimum Gasteiger partial charge on any atom is -0.497 e. The first-order valence-electron chi connectivity index (χ1n) is 13.2. The molecule has 0 saturated carbocycles. The summed E-state index contributed by atoms with van der Waals surface area (Å²) in [6.45, 7) is 3.21. The van der Waals surface area contributed by atoms with Gasteiger partial charge >= 0.3 is 0 Å². The van der Waals surface area contributed by atoms with Crippen molar-refractivity contribution in [2.24, 2.45) is 0 Å². The molecule has 4 atom stereocenters. The molecule has 39 heavy (non-hydrogen) atoms. The number of aliphatic hydroxyl groups excluding tert-OH is 1. The maximum Gasteiger partial charge on any atom is 0.243 e. The number of hydrogen-bond donors (Lipinski definition) is 3. The van der Waals surface area contributed by atoms with Crippen LogP contribution in [0.2, 0.25) is 0 Å². The molecule has 0 radical (unpaired) electrons. The summed E-state index contributed by atoms with van der Waals surface area (Å²) in [6.07, 6.45) is 0.521. The van der Waals surface area contributed by atoms with Crippen LogP contribution in [0.4, 0.5) is 0 Å². The number of ether oxygens (including phenoxy) is 3. The van der Waals surface area contributed by atoms with Gasteiger partial charge in [0.05, 0.1) is 52.2 Å². The van der Waals surface area contributed by atoms with Crippen LogP contribution < -0.4 is 15.4 Å². The van der Waals surface area contributed by atoms with Crippen LogP contribution in [0.15, 0.2) is 54.6 Å². The summed E-state index contributed by atoms with van der Waals surface area (Å²) >= 11 is 0. The number of amides is 2. The zero-order valence-electron chi connectivity index (χ0n) is 22.4. The Morgan fingerprint density at radius 3 is 2.36 bits per heavy atom. The van der Waals surface area contributed by atoms with E-state index in [1.807, 2.05) is 47.4 Å². The highest BCUT2D eigenvalue weighted by Crippen LogP contribution is 2.29. The molecule has 210 valence electrons. The van der Waals surface area contributed by atoms with Gasteiger partial charge in [0, 0.05) is 13.0 Å². The molecule has 3 N–H and O–H groups in total. The largest absolute Gasteiger partial charge is 0.497 e. The van der Waals surface area contributed by atoms with Crippen LogP contribution in [0.25, 0.3) is 0 Å². The Morgan fingerprint density at radius 1 is 1.05 bits per heavy atom. The van der Waals surface area contributed by atoms with E-state index in [9.17, 15) is 19.5 Å². The van der Waals surface area contributed by atoms with Crippen LogP contribution >= 0.6 is 0 Å². The van der Waals surface area contributed by atoms with Crippen LogP contribution in [0.1, 0.15) is 18.1 Å². The quantitative estimate of drug-likeness (QED) is 0.314. The summed E-state index contributed by atoms with van der Waals surface area (Å²) in [5.74, 6) is -0.337. The number of aliphatic hydroxyl groups is 1.